The summed E-state index contributed by atoms with van der Waals surface area (Å²) < 4.78 is 4.73. The van der Waals surface area contributed by atoms with Gasteiger partial charge in [0.1, 0.15) is 0 Å². The van der Waals surface area contributed by atoms with Crippen molar-refractivity contribution in [1.29, 1.82) is 0 Å². The van der Waals surface area contributed by atoms with Gasteiger partial charge < -0.3 is 15.0 Å². The van der Waals surface area contributed by atoms with Crippen molar-refractivity contribution in [3.05, 3.63) is 57.5 Å². The molecule has 10 heteroatoms. The Morgan fingerprint density at radius 1 is 1.16 bits per heavy atom. The first-order valence-corrected chi connectivity index (χ1v) is 10.9. The van der Waals surface area contributed by atoms with Gasteiger partial charge in [0.15, 0.2) is 16.6 Å². The Balaban J connectivity index is 1.74. The van der Waals surface area contributed by atoms with Gasteiger partial charge >= 0.3 is 5.97 Å². The number of H-pyrrole nitrogens is 1. The van der Waals surface area contributed by atoms with Gasteiger partial charge in [0.2, 0.25) is 5.91 Å². The van der Waals surface area contributed by atoms with E-state index in [1.54, 1.807) is 31.2 Å². The number of anilines is 1. The van der Waals surface area contributed by atoms with Crippen molar-refractivity contribution in [2.24, 2.45) is 0 Å². The van der Waals surface area contributed by atoms with Crippen LogP contribution in [0.5, 0.6) is 0 Å². The molecule has 3 rings (SSSR count). The van der Waals surface area contributed by atoms with Crippen molar-refractivity contribution < 1.29 is 19.1 Å². The maximum Gasteiger partial charge on any atom is 0.338 e. The fourth-order valence-electron chi connectivity index (χ4n) is 2.99. The number of fused-ring (bicyclic) bond motifs is 1. The number of esters is 1. The lowest BCUT2D eigenvalue weighted by molar-refractivity contribution is -0.116. The molecular weight excluding hydrogens is 432 g/mol. The third-order valence-corrected chi connectivity index (χ3v) is 5.37. The van der Waals surface area contributed by atoms with Crippen molar-refractivity contribution in [1.82, 2.24) is 15.0 Å². The molecule has 0 bridgehead atoms. The molecule has 0 radical (unpaired) electrons. The zero-order valence-electron chi connectivity index (χ0n) is 17.9. The summed E-state index contributed by atoms with van der Waals surface area (Å²) >= 11 is 1.06. The van der Waals surface area contributed by atoms with Crippen LogP contribution >= 0.6 is 11.8 Å². The van der Waals surface area contributed by atoms with Gasteiger partial charge in [0.25, 0.3) is 5.56 Å². The fourth-order valence-corrected chi connectivity index (χ4v) is 3.74. The molecule has 0 saturated heterocycles. The first kappa shape index (κ1) is 23.1. The number of nitrogens with one attached hydrogen (secondary N) is 2. The van der Waals surface area contributed by atoms with Gasteiger partial charge in [-0.15, -0.1) is 0 Å². The average Bonchev–Trinajstić information content (AvgIpc) is 2.76. The number of aromatic amines is 1. The molecule has 0 spiro atoms. The second-order valence-electron chi connectivity index (χ2n) is 6.96. The van der Waals surface area contributed by atoms with Crippen molar-refractivity contribution in [3.8, 4) is 0 Å². The standard InChI is InChI=1S/C22H22N4O5S/c1-4-5-17(28)24-14-8-6-13(7-9-14)16(27)11-32-22-25-19-18(20(29)26-22)15(21(30)31-3)10-12(2)23-19/h6-10H,4-5,11H2,1-3H3,(H,24,28)(H,23,25,26,29). The smallest absolute Gasteiger partial charge is 0.338 e. The summed E-state index contributed by atoms with van der Waals surface area (Å²) in [6.07, 6.45) is 1.19. The van der Waals surface area contributed by atoms with E-state index >= 15 is 0 Å². The summed E-state index contributed by atoms with van der Waals surface area (Å²) in [6, 6.07) is 8.07. The minimum absolute atomic E-state index is 0.0334. The van der Waals surface area contributed by atoms with Crippen LogP contribution < -0.4 is 10.9 Å². The molecule has 0 fully saturated rings. The minimum Gasteiger partial charge on any atom is -0.465 e. The van der Waals surface area contributed by atoms with Crippen LogP contribution in [0.15, 0.2) is 40.3 Å². The van der Waals surface area contributed by atoms with Gasteiger partial charge in [-0.25, -0.2) is 14.8 Å². The number of methoxy groups -OCH3 is 1. The van der Waals surface area contributed by atoms with Crippen LogP contribution in [0.1, 0.15) is 46.2 Å². The summed E-state index contributed by atoms with van der Waals surface area (Å²) in [5.74, 6) is -0.868. The summed E-state index contributed by atoms with van der Waals surface area (Å²) in [5.41, 5.74) is 1.25. The number of aromatic nitrogens is 3. The van der Waals surface area contributed by atoms with Crippen LogP contribution in [0.4, 0.5) is 5.69 Å². The molecule has 1 amide bonds. The molecule has 0 atom stereocenters. The number of thioether (sulfide) groups is 1. The number of Topliss-reactive ketones (excluding diaryl/α,β-unsaturated/α-hetero) is 1. The highest BCUT2D eigenvalue weighted by Crippen LogP contribution is 2.20. The Bertz CT molecular complexity index is 1240. The minimum atomic E-state index is -0.655. The highest BCUT2D eigenvalue weighted by atomic mass is 32.2. The number of carbonyl (C=O) groups excluding carboxylic acids is 3. The maximum absolute atomic E-state index is 12.6. The van der Waals surface area contributed by atoms with Crippen LogP contribution in [0, 0.1) is 6.92 Å². The fraction of sp³-hybridized carbons (Fsp3) is 0.273. The van der Waals surface area contributed by atoms with Crippen molar-refractivity contribution in [3.63, 3.8) is 0 Å². The monoisotopic (exact) mass is 454 g/mol. The van der Waals surface area contributed by atoms with E-state index in [4.69, 9.17) is 4.74 Å². The number of benzene rings is 1. The molecule has 0 aliphatic carbocycles. The number of ether oxygens (including phenoxy) is 1. The largest absolute Gasteiger partial charge is 0.465 e. The average molecular weight is 455 g/mol. The molecule has 1 aromatic carbocycles. The number of hydrogen-bond donors (Lipinski definition) is 2. The van der Waals surface area contributed by atoms with Gasteiger partial charge in [-0.3, -0.25) is 14.4 Å². The van der Waals surface area contributed by atoms with Crippen molar-refractivity contribution in [2.75, 3.05) is 18.2 Å². The normalized spacial score (nSPS) is 10.7. The van der Waals surface area contributed by atoms with Crippen LogP contribution in [0.2, 0.25) is 0 Å². The Morgan fingerprint density at radius 2 is 1.88 bits per heavy atom. The van der Waals surface area contributed by atoms with E-state index in [9.17, 15) is 19.2 Å². The number of rotatable bonds is 8. The van der Waals surface area contributed by atoms with E-state index in [0.29, 0.717) is 23.4 Å². The molecule has 0 saturated carbocycles. The van der Waals surface area contributed by atoms with Gasteiger partial charge in [0.05, 0.1) is 23.8 Å². The number of amides is 1. The molecule has 3 aromatic rings. The zero-order valence-corrected chi connectivity index (χ0v) is 18.7. The molecule has 2 N–H and O–H groups in total. The van der Waals surface area contributed by atoms with E-state index in [-0.39, 0.29) is 39.2 Å². The van der Waals surface area contributed by atoms with Gasteiger partial charge in [-0.2, -0.15) is 0 Å². The van der Waals surface area contributed by atoms with Gasteiger partial charge in [-0.1, -0.05) is 18.7 Å². The Kier molecular flexibility index (Phi) is 7.37. The maximum atomic E-state index is 12.6. The molecule has 2 aromatic heterocycles. The molecule has 0 aliphatic heterocycles. The first-order chi connectivity index (χ1) is 15.3. The number of nitrogens with zero attached hydrogens (tertiary/aromatic N) is 2. The van der Waals surface area contributed by atoms with Gasteiger partial charge in [-0.05, 0) is 43.7 Å². The topological polar surface area (TPSA) is 131 Å². The second-order valence-corrected chi connectivity index (χ2v) is 7.92. The number of pyridine rings is 1. The molecule has 0 aliphatic rings. The Hall–Kier alpha value is -3.53. The Morgan fingerprint density at radius 3 is 2.53 bits per heavy atom. The molecule has 166 valence electrons. The van der Waals surface area contributed by atoms with Crippen LogP contribution in [-0.4, -0.2) is 45.5 Å². The molecule has 32 heavy (non-hydrogen) atoms. The van der Waals surface area contributed by atoms with E-state index in [2.05, 4.69) is 20.3 Å². The lowest BCUT2D eigenvalue weighted by Gasteiger charge is -2.07. The highest BCUT2D eigenvalue weighted by molar-refractivity contribution is 7.99. The van der Waals surface area contributed by atoms with Crippen molar-refractivity contribution >= 4 is 46.1 Å². The second kappa shape index (κ2) is 10.2. The molecule has 2 heterocycles. The van der Waals surface area contributed by atoms with E-state index in [1.165, 1.54) is 13.2 Å². The third kappa shape index (κ3) is 5.38. The predicted octanol–water partition coefficient (Wildman–Crippen LogP) is 3.13. The van der Waals surface area contributed by atoms with E-state index < -0.39 is 11.5 Å². The summed E-state index contributed by atoms with van der Waals surface area (Å²) in [7, 11) is 1.23. The first-order valence-electron chi connectivity index (χ1n) is 9.88. The third-order valence-electron chi connectivity index (χ3n) is 4.50. The SMILES string of the molecule is CCCC(=O)Nc1ccc(C(=O)CSc2nc3nc(C)cc(C(=O)OC)c3c(=O)[nH]2)cc1. The van der Waals surface area contributed by atoms with Gasteiger partial charge in [0, 0.05) is 23.4 Å². The quantitative estimate of drug-likeness (QED) is 0.230. The summed E-state index contributed by atoms with van der Waals surface area (Å²) in [4.78, 5) is 59.9. The van der Waals surface area contributed by atoms with E-state index in [1.807, 2.05) is 6.92 Å². The molecule has 9 nitrogen and oxygen atoms in total. The summed E-state index contributed by atoms with van der Waals surface area (Å²) in [5, 5.41) is 3.02. The van der Waals surface area contributed by atoms with E-state index in [0.717, 1.165) is 18.2 Å². The van der Waals surface area contributed by atoms with Crippen LogP contribution in [0.3, 0.4) is 0 Å². The number of aryl methyl sites for hydroxylation is 1. The predicted molar refractivity (Wildman–Crippen MR) is 121 cm³/mol. The highest BCUT2D eigenvalue weighted by Gasteiger charge is 2.18. The Labute approximate surface area is 188 Å². The number of hydrogen-bond acceptors (Lipinski definition) is 8. The molecule has 0 unspecified atom stereocenters. The molecular formula is C22H22N4O5S. The van der Waals surface area contributed by atoms with Crippen molar-refractivity contribution in [2.45, 2.75) is 31.8 Å². The lowest BCUT2D eigenvalue weighted by atomic mass is 10.1. The zero-order chi connectivity index (χ0) is 23.3. The summed E-state index contributed by atoms with van der Waals surface area (Å²) in [6.45, 7) is 3.60. The lowest BCUT2D eigenvalue weighted by Crippen LogP contribution is -2.16. The number of ketones is 1. The number of carbonyl (C=O) groups is 3. The van der Waals surface area contributed by atoms with Crippen LogP contribution in [0.25, 0.3) is 11.0 Å². The van der Waals surface area contributed by atoms with Crippen LogP contribution in [-0.2, 0) is 9.53 Å².